The van der Waals surface area contributed by atoms with E-state index in [1.165, 1.54) is 29.4 Å². The number of aromatic nitrogens is 2. The molecule has 0 bridgehead atoms. The maximum absolute atomic E-state index is 13.8. The Hall–Kier alpha value is -2.57. The zero-order valence-electron chi connectivity index (χ0n) is 21.0. The van der Waals surface area contributed by atoms with Crippen LogP contribution in [0.3, 0.4) is 0 Å². The second kappa shape index (κ2) is 10.4. The van der Waals surface area contributed by atoms with Crippen molar-refractivity contribution < 1.29 is 9.18 Å². The van der Waals surface area contributed by atoms with Gasteiger partial charge < -0.3 is 5.32 Å². The number of rotatable bonds is 8. The highest BCUT2D eigenvalue weighted by Gasteiger charge is 2.43. The summed E-state index contributed by atoms with van der Waals surface area (Å²) in [6.07, 6.45) is 4.60. The first-order chi connectivity index (χ1) is 17.0. The van der Waals surface area contributed by atoms with Gasteiger partial charge in [-0.3, -0.25) is 14.3 Å². The van der Waals surface area contributed by atoms with Crippen LogP contribution in [0.25, 0.3) is 5.69 Å². The fourth-order valence-electron chi connectivity index (χ4n) is 5.48. The van der Waals surface area contributed by atoms with Crippen LogP contribution in [0.5, 0.6) is 0 Å². The molecule has 1 aliphatic rings. The van der Waals surface area contributed by atoms with Crippen molar-refractivity contribution in [1.29, 1.82) is 0 Å². The van der Waals surface area contributed by atoms with E-state index in [-0.39, 0.29) is 40.3 Å². The molecular formula is C28H32Cl2FN3O2. The number of carbonyl (C=O) groups is 1. The molecule has 1 N–H and O–H groups in total. The van der Waals surface area contributed by atoms with Gasteiger partial charge in [0, 0.05) is 17.3 Å². The Bertz CT molecular complexity index is 1330. The number of benzene rings is 2. The molecule has 1 aromatic heterocycles. The van der Waals surface area contributed by atoms with E-state index >= 15 is 0 Å². The van der Waals surface area contributed by atoms with Crippen LogP contribution in [0.4, 0.5) is 4.39 Å². The van der Waals surface area contributed by atoms with Gasteiger partial charge in [0.1, 0.15) is 11.4 Å². The lowest BCUT2D eigenvalue weighted by Crippen LogP contribution is -2.49. The summed E-state index contributed by atoms with van der Waals surface area (Å²) >= 11 is 12.5. The fraction of sp³-hybridized carbons (Fsp3) is 0.429. The van der Waals surface area contributed by atoms with Gasteiger partial charge in [0.15, 0.2) is 0 Å². The van der Waals surface area contributed by atoms with Gasteiger partial charge >= 0.3 is 0 Å². The molecular weight excluding hydrogens is 500 g/mol. The molecule has 3 aromatic rings. The van der Waals surface area contributed by atoms with Gasteiger partial charge in [-0.2, -0.15) is 0 Å². The summed E-state index contributed by atoms with van der Waals surface area (Å²) in [4.78, 5) is 27.0. The Balaban J connectivity index is 1.70. The average Bonchev–Trinajstić information content (AvgIpc) is 3.12. The van der Waals surface area contributed by atoms with Crippen LogP contribution in [-0.4, -0.2) is 21.3 Å². The van der Waals surface area contributed by atoms with Crippen LogP contribution in [-0.2, 0) is 6.54 Å². The number of hydrogen-bond acceptors (Lipinski definition) is 2. The summed E-state index contributed by atoms with van der Waals surface area (Å²) in [5.74, 6) is -0.00253. The molecule has 0 radical (unpaired) electrons. The van der Waals surface area contributed by atoms with E-state index in [9.17, 15) is 14.0 Å². The van der Waals surface area contributed by atoms with Crippen LogP contribution in [0.1, 0.15) is 62.9 Å². The first kappa shape index (κ1) is 26.5. The third-order valence-corrected chi connectivity index (χ3v) is 8.24. The van der Waals surface area contributed by atoms with Gasteiger partial charge in [-0.1, -0.05) is 63.0 Å². The second-order valence-corrected chi connectivity index (χ2v) is 11.3. The van der Waals surface area contributed by atoms with Crippen molar-refractivity contribution in [3.05, 3.63) is 86.0 Å². The maximum atomic E-state index is 13.8. The Morgan fingerprint density at radius 3 is 2.56 bits per heavy atom. The highest BCUT2D eigenvalue weighted by molar-refractivity contribution is 6.35. The molecule has 4 rings (SSSR count). The van der Waals surface area contributed by atoms with Crippen LogP contribution in [0, 0.1) is 23.1 Å². The molecule has 1 amide bonds. The first-order valence-electron chi connectivity index (χ1n) is 12.3. The highest BCUT2D eigenvalue weighted by Crippen LogP contribution is 2.50. The lowest BCUT2D eigenvalue weighted by molar-refractivity contribution is 0.0110. The minimum atomic E-state index is -0.500. The molecule has 1 heterocycles. The highest BCUT2D eigenvalue weighted by atomic mass is 35.5. The molecule has 0 spiro atoms. The minimum Gasteiger partial charge on any atom is -0.349 e. The number of nitrogens with one attached hydrogen (secondary N) is 1. The van der Waals surface area contributed by atoms with Crippen molar-refractivity contribution in [2.75, 3.05) is 0 Å². The van der Waals surface area contributed by atoms with Crippen molar-refractivity contribution in [2.24, 2.45) is 17.3 Å². The van der Waals surface area contributed by atoms with E-state index in [2.05, 4.69) is 26.1 Å². The van der Waals surface area contributed by atoms with Crippen molar-refractivity contribution >= 4 is 29.1 Å². The van der Waals surface area contributed by atoms with Crippen LogP contribution >= 0.6 is 23.2 Å². The predicted octanol–water partition coefficient (Wildman–Crippen LogP) is 6.71. The molecule has 2 aromatic carbocycles. The molecule has 1 fully saturated rings. The molecule has 0 aliphatic heterocycles. The zero-order valence-corrected chi connectivity index (χ0v) is 22.5. The summed E-state index contributed by atoms with van der Waals surface area (Å²) in [6, 6.07) is 10.9. The van der Waals surface area contributed by atoms with Crippen molar-refractivity contribution in [3.8, 4) is 5.69 Å². The summed E-state index contributed by atoms with van der Waals surface area (Å²) in [5, 5.41) is 3.81. The van der Waals surface area contributed by atoms with Crippen molar-refractivity contribution in [2.45, 2.75) is 59.5 Å². The van der Waals surface area contributed by atoms with Gasteiger partial charge in [0.25, 0.3) is 11.5 Å². The quantitative estimate of drug-likeness (QED) is 0.351. The topological polar surface area (TPSA) is 56.0 Å². The van der Waals surface area contributed by atoms with Crippen molar-refractivity contribution in [1.82, 2.24) is 14.7 Å². The smallest absolute Gasteiger partial charge is 0.284 e. The third kappa shape index (κ3) is 5.25. The number of amides is 1. The number of carbonyl (C=O) groups excluding carboxylic acids is 1. The maximum Gasteiger partial charge on any atom is 0.284 e. The number of nitrogens with zero attached hydrogens (tertiary/aromatic N) is 2. The van der Waals surface area contributed by atoms with Crippen molar-refractivity contribution in [3.63, 3.8) is 0 Å². The average molecular weight is 532 g/mol. The molecule has 0 saturated heterocycles. The summed E-state index contributed by atoms with van der Waals surface area (Å²) in [5.41, 5.74) is 0.793. The third-order valence-electron chi connectivity index (χ3n) is 7.70. The van der Waals surface area contributed by atoms with Crippen LogP contribution < -0.4 is 10.9 Å². The van der Waals surface area contributed by atoms with Gasteiger partial charge in [0.05, 0.1) is 17.3 Å². The molecule has 0 unspecified atom stereocenters. The van der Waals surface area contributed by atoms with Gasteiger partial charge in [-0.05, 0) is 72.4 Å². The number of halogens is 3. The Morgan fingerprint density at radius 1 is 1.22 bits per heavy atom. The Kier molecular flexibility index (Phi) is 7.67. The second-order valence-electron chi connectivity index (χ2n) is 10.5. The molecule has 36 heavy (non-hydrogen) atoms. The van der Waals surface area contributed by atoms with Gasteiger partial charge in [-0.15, -0.1) is 0 Å². The normalized spacial score (nSPS) is 18.4. The summed E-state index contributed by atoms with van der Waals surface area (Å²) in [7, 11) is 0. The monoisotopic (exact) mass is 531 g/mol. The lowest BCUT2D eigenvalue weighted by Gasteiger charge is -2.50. The standard InChI is InChI=1S/C28H32Cl2FN3O2/c1-5-24(17(2)22-11-12-28(22,3)4)32-26(35)21-16-33(15-18-7-6-8-20(31)13-18)34(27(21)36)25-10-9-19(29)14-23(25)30/h6-10,13-14,16-17,22,24H,5,11-12,15H2,1-4H3,(H,32,35)/t17-,22-,24-/m1/s1. The Labute approximate surface area is 221 Å². The lowest BCUT2D eigenvalue weighted by atomic mass is 9.57. The van der Waals surface area contributed by atoms with E-state index < -0.39 is 11.5 Å². The fourth-order valence-corrected chi connectivity index (χ4v) is 5.97. The summed E-state index contributed by atoms with van der Waals surface area (Å²) in [6.45, 7) is 8.94. The van der Waals surface area contributed by atoms with Crippen LogP contribution in [0.2, 0.25) is 10.0 Å². The molecule has 8 heteroatoms. The van der Waals surface area contributed by atoms with E-state index in [4.69, 9.17) is 23.2 Å². The number of hydrogen-bond donors (Lipinski definition) is 1. The van der Waals surface area contributed by atoms with E-state index in [0.717, 1.165) is 12.8 Å². The zero-order chi connectivity index (χ0) is 26.2. The Morgan fingerprint density at radius 2 is 1.97 bits per heavy atom. The SMILES string of the molecule is CC[C@@H](NC(=O)c1cn(Cc2cccc(F)c2)n(-c2ccc(Cl)cc2Cl)c1=O)[C@H](C)[C@H]1CCC1(C)C. The van der Waals surface area contributed by atoms with E-state index in [0.29, 0.717) is 22.2 Å². The van der Waals surface area contributed by atoms with Gasteiger partial charge in [0.2, 0.25) is 0 Å². The van der Waals surface area contributed by atoms with E-state index in [1.807, 2.05) is 6.92 Å². The predicted molar refractivity (Wildman–Crippen MR) is 143 cm³/mol. The summed E-state index contributed by atoms with van der Waals surface area (Å²) < 4.78 is 16.8. The molecule has 1 saturated carbocycles. The molecule has 192 valence electrons. The largest absolute Gasteiger partial charge is 0.349 e. The molecule has 5 nitrogen and oxygen atoms in total. The molecule has 1 aliphatic carbocycles. The minimum absolute atomic E-state index is 0.0101. The van der Waals surface area contributed by atoms with E-state index in [1.54, 1.807) is 35.0 Å². The van der Waals surface area contributed by atoms with Gasteiger partial charge in [-0.25, -0.2) is 9.07 Å². The molecule has 3 atom stereocenters. The first-order valence-corrected chi connectivity index (χ1v) is 13.1. The van der Waals surface area contributed by atoms with Crippen LogP contribution in [0.15, 0.2) is 53.5 Å².